The molecule has 0 aliphatic rings. The Hall–Kier alpha value is -0.870. The highest BCUT2D eigenvalue weighted by Gasteiger charge is 2.28. The van der Waals surface area contributed by atoms with Gasteiger partial charge in [0.25, 0.3) is 0 Å². The summed E-state index contributed by atoms with van der Waals surface area (Å²) in [6.07, 6.45) is 0. The van der Waals surface area contributed by atoms with Crippen LogP contribution < -0.4 is 4.74 Å². The molecule has 0 saturated heterocycles. The van der Waals surface area contributed by atoms with Crippen molar-refractivity contribution in [1.82, 2.24) is 0 Å². The quantitative estimate of drug-likeness (QED) is 0.844. The van der Waals surface area contributed by atoms with E-state index in [4.69, 9.17) is 21.4 Å². The van der Waals surface area contributed by atoms with E-state index >= 15 is 0 Å². The van der Waals surface area contributed by atoms with E-state index in [0.717, 1.165) is 4.90 Å². The van der Waals surface area contributed by atoms with E-state index in [-0.39, 0.29) is 0 Å². The first kappa shape index (κ1) is 13.2. The Kier molecular flexibility index (Phi) is 4.10. The summed E-state index contributed by atoms with van der Waals surface area (Å²) in [7, 11) is 1.54. The van der Waals surface area contributed by atoms with Crippen LogP contribution in [0.2, 0.25) is 5.02 Å². The number of benzene rings is 1. The lowest BCUT2D eigenvalue weighted by Crippen LogP contribution is -2.26. The Bertz CT molecular complexity index is 404. The van der Waals surface area contributed by atoms with Crippen LogP contribution in [0.1, 0.15) is 13.8 Å². The van der Waals surface area contributed by atoms with E-state index in [2.05, 4.69) is 0 Å². The van der Waals surface area contributed by atoms with Crippen molar-refractivity contribution in [2.45, 2.75) is 23.5 Å². The fraction of sp³-hybridized carbons (Fsp3) is 0.364. The molecule has 0 heterocycles. The Morgan fingerprint density at radius 3 is 2.56 bits per heavy atom. The Labute approximate surface area is 104 Å². The van der Waals surface area contributed by atoms with Crippen molar-refractivity contribution < 1.29 is 14.6 Å². The van der Waals surface area contributed by atoms with Crippen LogP contribution in [-0.2, 0) is 4.79 Å². The molecule has 0 fully saturated rings. The first-order valence-corrected chi connectivity index (χ1v) is 5.82. The number of carboxylic acid groups (broad SMARTS) is 1. The summed E-state index contributed by atoms with van der Waals surface area (Å²) < 4.78 is 4.14. The van der Waals surface area contributed by atoms with E-state index < -0.39 is 10.7 Å². The van der Waals surface area contributed by atoms with Crippen LogP contribution in [0.15, 0.2) is 23.1 Å². The van der Waals surface area contributed by atoms with Gasteiger partial charge in [0.1, 0.15) is 10.5 Å². The van der Waals surface area contributed by atoms with Crippen molar-refractivity contribution in [3.8, 4) is 5.75 Å². The Morgan fingerprint density at radius 2 is 2.12 bits per heavy atom. The second kappa shape index (κ2) is 4.97. The lowest BCUT2D eigenvalue weighted by molar-refractivity contribution is -0.138. The molecular weight excluding hydrogens is 248 g/mol. The molecule has 0 aliphatic carbocycles. The van der Waals surface area contributed by atoms with E-state index in [1.54, 1.807) is 32.0 Å². The van der Waals surface area contributed by atoms with Gasteiger partial charge in [0.2, 0.25) is 0 Å². The van der Waals surface area contributed by atoms with Gasteiger partial charge in [-0.3, -0.25) is 4.79 Å². The van der Waals surface area contributed by atoms with Crippen LogP contribution in [0.5, 0.6) is 5.75 Å². The first-order chi connectivity index (χ1) is 7.36. The molecule has 1 aromatic carbocycles. The molecular formula is C11H13ClO3S. The van der Waals surface area contributed by atoms with Crippen molar-refractivity contribution in [3.05, 3.63) is 23.2 Å². The maximum absolute atomic E-state index is 11.0. The maximum Gasteiger partial charge on any atom is 0.319 e. The van der Waals surface area contributed by atoms with Gasteiger partial charge in [-0.2, -0.15) is 0 Å². The minimum absolute atomic E-state index is 0.480. The van der Waals surface area contributed by atoms with Crippen molar-refractivity contribution in [2.24, 2.45) is 0 Å². The number of halogens is 1. The number of thioether (sulfide) groups is 1. The largest absolute Gasteiger partial charge is 0.495 e. The van der Waals surface area contributed by atoms with Gasteiger partial charge >= 0.3 is 5.97 Å². The number of hydrogen-bond acceptors (Lipinski definition) is 3. The van der Waals surface area contributed by atoms with Crippen LogP contribution in [-0.4, -0.2) is 22.9 Å². The molecule has 1 rings (SSSR count). The Morgan fingerprint density at radius 1 is 1.50 bits per heavy atom. The van der Waals surface area contributed by atoms with Gasteiger partial charge in [0.15, 0.2) is 0 Å². The third kappa shape index (κ3) is 3.06. The van der Waals surface area contributed by atoms with Crippen molar-refractivity contribution in [1.29, 1.82) is 0 Å². The van der Waals surface area contributed by atoms with Crippen LogP contribution in [0.25, 0.3) is 0 Å². The molecule has 0 amide bonds. The molecule has 0 atom stereocenters. The van der Waals surface area contributed by atoms with Gasteiger partial charge < -0.3 is 9.84 Å². The highest BCUT2D eigenvalue weighted by Crippen LogP contribution is 2.36. The fourth-order valence-electron chi connectivity index (χ4n) is 1.05. The van der Waals surface area contributed by atoms with Gasteiger partial charge in [0.05, 0.1) is 12.1 Å². The molecule has 5 heteroatoms. The molecule has 1 aromatic rings. The summed E-state index contributed by atoms with van der Waals surface area (Å²) in [5, 5.41) is 9.47. The van der Waals surface area contributed by atoms with Gasteiger partial charge in [-0.05, 0) is 32.0 Å². The van der Waals surface area contributed by atoms with Gasteiger partial charge in [-0.1, -0.05) is 11.6 Å². The summed E-state index contributed by atoms with van der Waals surface area (Å²) >= 11 is 7.20. The van der Waals surface area contributed by atoms with Crippen molar-refractivity contribution in [2.75, 3.05) is 7.11 Å². The number of hydrogen-bond donors (Lipinski definition) is 1. The molecule has 0 aliphatic heterocycles. The van der Waals surface area contributed by atoms with Crippen LogP contribution >= 0.6 is 23.4 Å². The number of carbonyl (C=O) groups is 1. The lowest BCUT2D eigenvalue weighted by Gasteiger charge is -2.18. The topological polar surface area (TPSA) is 46.5 Å². The predicted octanol–water partition coefficient (Wildman–Crippen LogP) is 3.30. The number of methoxy groups -OCH3 is 1. The van der Waals surface area contributed by atoms with Crippen molar-refractivity contribution >= 4 is 29.3 Å². The summed E-state index contributed by atoms with van der Waals surface area (Å²) in [4.78, 5) is 11.8. The van der Waals surface area contributed by atoms with E-state index in [0.29, 0.717) is 10.8 Å². The zero-order valence-corrected chi connectivity index (χ0v) is 10.9. The first-order valence-electron chi connectivity index (χ1n) is 4.63. The number of ether oxygens (including phenoxy) is 1. The molecule has 16 heavy (non-hydrogen) atoms. The van der Waals surface area contributed by atoms with Crippen LogP contribution in [0.4, 0.5) is 0 Å². The summed E-state index contributed by atoms with van der Waals surface area (Å²) in [5.41, 5.74) is 0. The molecule has 0 unspecified atom stereocenters. The third-order valence-electron chi connectivity index (χ3n) is 2.01. The molecule has 0 spiro atoms. The standard InChI is InChI=1S/C11H13ClO3S/c1-11(2,10(13)14)16-7-4-5-9(15-3)8(12)6-7/h4-6H,1-3H3,(H,13,14). The fourth-order valence-corrected chi connectivity index (χ4v) is 2.36. The SMILES string of the molecule is COc1ccc(SC(C)(C)C(=O)O)cc1Cl. The average Bonchev–Trinajstić information content (AvgIpc) is 2.17. The molecule has 0 bridgehead atoms. The minimum atomic E-state index is -0.877. The highest BCUT2D eigenvalue weighted by molar-refractivity contribution is 8.01. The van der Waals surface area contributed by atoms with Gasteiger partial charge in [-0.15, -0.1) is 11.8 Å². The van der Waals surface area contributed by atoms with Gasteiger partial charge in [-0.25, -0.2) is 0 Å². The lowest BCUT2D eigenvalue weighted by atomic mass is 10.2. The van der Waals surface area contributed by atoms with Crippen LogP contribution in [0, 0.1) is 0 Å². The molecule has 0 radical (unpaired) electrons. The second-order valence-electron chi connectivity index (χ2n) is 3.71. The number of rotatable bonds is 4. The third-order valence-corrected chi connectivity index (χ3v) is 3.48. The summed E-state index contributed by atoms with van der Waals surface area (Å²) in [5.74, 6) is -0.274. The molecule has 0 aromatic heterocycles. The molecule has 88 valence electrons. The van der Waals surface area contributed by atoms with Crippen LogP contribution in [0.3, 0.4) is 0 Å². The molecule has 0 saturated carbocycles. The van der Waals surface area contributed by atoms with E-state index in [1.165, 1.54) is 18.9 Å². The number of aliphatic carboxylic acids is 1. The monoisotopic (exact) mass is 260 g/mol. The summed E-state index contributed by atoms with van der Waals surface area (Å²) in [6.45, 7) is 3.30. The van der Waals surface area contributed by atoms with E-state index in [9.17, 15) is 4.79 Å². The van der Waals surface area contributed by atoms with E-state index in [1.807, 2.05) is 0 Å². The second-order valence-corrected chi connectivity index (χ2v) is 5.82. The number of carboxylic acids is 1. The zero-order valence-electron chi connectivity index (χ0n) is 9.28. The molecule has 3 nitrogen and oxygen atoms in total. The smallest absolute Gasteiger partial charge is 0.319 e. The zero-order chi connectivity index (χ0) is 12.3. The minimum Gasteiger partial charge on any atom is -0.495 e. The normalized spacial score (nSPS) is 11.2. The highest BCUT2D eigenvalue weighted by atomic mass is 35.5. The predicted molar refractivity (Wildman–Crippen MR) is 65.6 cm³/mol. The molecule has 1 N–H and O–H groups in total. The average molecular weight is 261 g/mol. The summed E-state index contributed by atoms with van der Waals surface area (Å²) in [6, 6.07) is 5.22. The van der Waals surface area contributed by atoms with Gasteiger partial charge in [0, 0.05) is 4.90 Å². The van der Waals surface area contributed by atoms with Crippen molar-refractivity contribution in [3.63, 3.8) is 0 Å². The maximum atomic E-state index is 11.0. The Balaban J connectivity index is 2.91.